The normalized spacial score (nSPS) is 12.2. The third-order valence-corrected chi connectivity index (χ3v) is 4.00. The lowest BCUT2D eigenvalue weighted by Crippen LogP contribution is -2.23. The SMILES string of the molecule is CCNC(c1cncc(Br)c1)c1cc(C)c(OC)cc1C. The van der Waals surface area contributed by atoms with E-state index in [1.165, 1.54) is 11.1 Å². The van der Waals surface area contributed by atoms with E-state index in [1.54, 1.807) is 13.3 Å². The highest BCUT2D eigenvalue weighted by atomic mass is 79.9. The summed E-state index contributed by atoms with van der Waals surface area (Å²) in [5.74, 6) is 0.930. The number of nitrogens with zero attached hydrogens (tertiary/aromatic N) is 1. The zero-order valence-electron chi connectivity index (χ0n) is 12.9. The Morgan fingerprint density at radius 1 is 1.19 bits per heavy atom. The number of aryl methyl sites for hydroxylation is 2. The van der Waals surface area contributed by atoms with E-state index in [9.17, 15) is 0 Å². The maximum absolute atomic E-state index is 5.41. The smallest absolute Gasteiger partial charge is 0.122 e. The second-order valence-corrected chi connectivity index (χ2v) is 6.02. The fourth-order valence-corrected chi connectivity index (χ4v) is 2.92. The molecule has 0 saturated carbocycles. The van der Waals surface area contributed by atoms with E-state index in [-0.39, 0.29) is 6.04 Å². The second-order valence-electron chi connectivity index (χ2n) is 5.11. The summed E-state index contributed by atoms with van der Waals surface area (Å²) in [6.07, 6.45) is 3.72. The van der Waals surface area contributed by atoms with Gasteiger partial charge in [-0.15, -0.1) is 0 Å². The molecule has 1 unspecified atom stereocenters. The van der Waals surface area contributed by atoms with Gasteiger partial charge in [0.25, 0.3) is 0 Å². The maximum atomic E-state index is 5.41. The first-order valence-electron chi connectivity index (χ1n) is 7.05. The molecule has 1 aromatic heterocycles. The van der Waals surface area contributed by atoms with Crippen molar-refractivity contribution in [3.8, 4) is 5.75 Å². The van der Waals surface area contributed by atoms with Crippen LogP contribution in [0.3, 0.4) is 0 Å². The summed E-state index contributed by atoms with van der Waals surface area (Å²) in [5, 5.41) is 3.55. The molecule has 3 nitrogen and oxygen atoms in total. The van der Waals surface area contributed by atoms with Crippen LogP contribution in [0, 0.1) is 13.8 Å². The molecule has 0 saturated heterocycles. The molecule has 0 amide bonds. The highest BCUT2D eigenvalue weighted by Crippen LogP contribution is 2.30. The van der Waals surface area contributed by atoms with Gasteiger partial charge in [0.05, 0.1) is 13.2 Å². The lowest BCUT2D eigenvalue weighted by atomic mass is 9.94. The van der Waals surface area contributed by atoms with Gasteiger partial charge in [0, 0.05) is 16.9 Å². The highest BCUT2D eigenvalue weighted by molar-refractivity contribution is 9.10. The van der Waals surface area contributed by atoms with E-state index < -0.39 is 0 Å². The first-order chi connectivity index (χ1) is 10.1. The van der Waals surface area contributed by atoms with E-state index in [1.807, 2.05) is 6.20 Å². The Morgan fingerprint density at radius 3 is 2.57 bits per heavy atom. The molecule has 0 aliphatic carbocycles. The molecule has 0 radical (unpaired) electrons. The zero-order valence-corrected chi connectivity index (χ0v) is 14.5. The topological polar surface area (TPSA) is 34.2 Å². The van der Waals surface area contributed by atoms with Gasteiger partial charge in [-0.2, -0.15) is 0 Å². The molecule has 0 spiro atoms. The van der Waals surface area contributed by atoms with Crippen LogP contribution in [0.5, 0.6) is 5.75 Å². The minimum absolute atomic E-state index is 0.129. The van der Waals surface area contributed by atoms with Gasteiger partial charge >= 0.3 is 0 Å². The summed E-state index contributed by atoms with van der Waals surface area (Å²) in [7, 11) is 1.71. The van der Waals surface area contributed by atoms with E-state index >= 15 is 0 Å². The summed E-state index contributed by atoms with van der Waals surface area (Å²) in [4.78, 5) is 4.29. The average molecular weight is 349 g/mol. The minimum Gasteiger partial charge on any atom is -0.496 e. The summed E-state index contributed by atoms with van der Waals surface area (Å²) >= 11 is 3.50. The van der Waals surface area contributed by atoms with Crippen LogP contribution in [0.1, 0.15) is 35.2 Å². The van der Waals surface area contributed by atoms with Gasteiger partial charge < -0.3 is 10.1 Å². The third kappa shape index (κ3) is 3.63. The van der Waals surface area contributed by atoms with Crippen LogP contribution in [0.25, 0.3) is 0 Å². The Morgan fingerprint density at radius 2 is 1.95 bits per heavy atom. The molecule has 21 heavy (non-hydrogen) atoms. The van der Waals surface area contributed by atoms with Crippen molar-refractivity contribution >= 4 is 15.9 Å². The first kappa shape index (κ1) is 16.0. The molecule has 2 aromatic rings. The van der Waals surface area contributed by atoms with E-state index in [2.05, 4.69) is 65.2 Å². The van der Waals surface area contributed by atoms with Crippen LogP contribution >= 0.6 is 15.9 Å². The number of pyridine rings is 1. The number of ether oxygens (including phenoxy) is 1. The van der Waals surface area contributed by atoms with Crippen LogP contribution in [0.4, 0.5) is 0 Å². The number of halogens is 1. The maximum Gasteiger partial charge on any atom is 0.122 e. The molecule has 0 fully saturated rings. The number of hydrogen-bond donors (Lipinski definition) is 1. The lowest BCUT2D eigenvalue weighted by Gasteiger charge is -2.22. The molecule has 1 aromatic carbocycles. The van der Waals surface area contributed by atoms with Crippen molar-refractivity contribution in [2.75, 3.05) is 13.7 Å². The van der Waals surface area contributed by atoms with Gasteiger partial charge in [-0.3, -0.25) is 4.98 Å². The zero-order chi connectivity index (χ0) is 15.4. The fraction of sp³-hybridized carbons (Fsp3) is 0.353. The lowest BCUT2D eigenvalue weighted by molar-refractivity contribution is 0.411. The molecule has 0 aliphatic heterocycles. The van der Waals surface area contributed by atoms with Crippen molar-refractivity contribution in [2.45, 2.75) is 26.8 Å². The second kappa shape index (κ2) is 7.05. The van der Waals surface area contributed by atoms with Crippen molar-refractivity contribution in [2.24, 2.45) is 0 Å². The monoisotopic (exact) mass is 348 g/mol. The summed E-state index contributed by atoms with van der Waals surface area (Å²) < 4.78 is 6.40. The number of hydrogen-bond acceptors (Lipinski definition) is 3. The Hall–Kier alpha value is -1.39. The van der Waals surface area contributed by atoms with Crippen LogP contribution in [-0.2, 0) is 0 Å². The predicted octanol–water partition coefficient (Wildman–Crippen LogP) is 4.17. The Labute approximate surface area is 134 Å². The number of nitrogens with one attached hydrogen (secondary N) is 1. The quantitative estimate of drug-likeness (QED) is 0.880. The molecule has 0 bridgehead atoms. The Balaban J connectivity index is 2.50. The molecular weight excluding hydrogens is 328 g/mol. The predicted molar refractivity (Wildman–Crippen MR) is 89.9 cm³/mol. The van der Waals surface area contributed by atoms with Crippen LogP contribution in [-0.4, -0.2) is 18.6 Å². The molecule has 2 rings (SSSR count). The van der Waals surface area contributed by atoms with Gasteiger partial charge in [-0.1, -0.05) is 13.0 Å². The molecule has 1 heterocycles. The number of benzene rings is 1. The molecule has 1 atom stereocenters. The Bertz CT molecular complexity index is 628. The fourth-order valence-electron chi connectivity index (χ4n) is 2.54. The molecular formula is C17H21BrN2O. The van der Waals surface area contributed by atoms with Crippen molar-refractivity contribution in [1.29, 1.82) is 0 Å². The molecule has 1 N–H and O–H groups in total. The van der Waals surface area contributed by atoms with Crippen LogP contribution in [0.2, 0.25) is 0 Å². The molecule has 112 valence electrons. The largest absolute Gasteiger partial charge is 0.496 e. The highest BCUT2D eigenvalue weighted by Gasteiger charge is 2.17. The van der Waals surface area contributed by atoms with Gasteiger partial charge in [0.2, 0.25) is 0 Å². The third-order valence-electron chi connectivity index (χ3n) is 3.56. The van der Waals surface area contributed by atoms with Crippen LogP contribution in [0.15, 0.2) is 35.1 Å². The van der Waals surface area contributed by atoms with E-state index in [0.29, 0.717) is 0 Å². The summed E-state index contributed by atoms with van der Waals surface area (Å²) in [6, 6.07) is 6.53. The minimum atomic E-state index is 0.129. The first-order valence-corrected chi connectivity index (χ1v) is 7.85. The summed E-state index contributed by atoms with van der Waals surface area (Å²) in [6.45, 7) is 7.20. The number of methoxy groups -OCH3 is 1. The number of rotatable bonds is 5. The standard InChI is InChI=1S/C17H21BrN2O/c1-5-20-17(13-8-14(18)10-19-9-13)15-6-12(3)16(21-4)7-11(15)2/h6-10,17,20H,5H2,1-4H3. The van der Waals surface area contributed by atoms with Crippen LogP contribution < -0.4 is 10.1 Å². The van der Waals surface area contributed by atoms with Crippen molar-refractivity contribution in [1.82, 2.24) is 10.3 Å². The van der Waals surface area contributed by atoms with Gasteiger partial charge in [0.1, 0.15) is 5.75 Å². The Kier molecular flexibility index (Phi) is 5.37. The molecule has 4 heteroatoms. The van der Waals surface area contributed by atoms with Gasteiger partial charge in [0.15, 0.2) is 0 Å². The van der Waals surface area contributed by atoms with Crippen molar-refractivity contribution < 1.29 is 4.74 Å². The van der Waals surface area contributed by atoms with Crippen molar-refractivity contribution in [3.05, 3.63) is 57.3 Å². The van der Waals surface area contributed by atoms with Crippen molar-refractivity contribution in [3.63, 3.8) is 0 Å². The van der Waals surface area contributed by atoms with E-state index in [0.717, 1.165) is 27.9 Å². The molecule has 0 aliphatic rings. The van der Waals surface area contributed by atoms with Gasteiger partial charge in [-0.25, -0.2) is 0 Å². The number of aromatic nitrogens is 1. The summed E-state index contributed by atoms with van der Waals surface area (Å²) in [5.41, 5.74) is 4.77. The van der Waals surface area contributed by atoms with Gasteiger partial charge in [-0.05, 0) is 70.7 Å². The average Bonchev–Trinajstić information content (AvgIpc) is 2.47. The van der Waals surface area contributed by atoms with E-state index in [4.69, 9.17) is 4.74 Å².